The highest BCUT2D eigenvalue weighted by atomic mass is 16.5. The smallest absolute Gasteiger partial charge is 0.407 e. The van der Waals surface area contributed by atoms with Gasteiger partial charge in [0, 0.05) is 11.5 Å². The Hall–Kier alpha value is -4.11. The van der Waals surface area contributed by atoms with E-state index in [0.29, 0.717) is 0 Å². The maximum absolute atomic E-state index is 12.2. The molecular weight excluding hydrogens is 376 g/mol. The molecule has 1 amide bonds. The minimum atomic E-state index is -0.474. The Kier molecular flexibility index (Phi) is 4.62. The highest BCUT2D eigenvalue weighted by molar-refractivity contribution is 5.79. The van der Waals surface area contributed by atoms with Crippen LogP contribution in [0.15, 0.2) is 66.7 Å². The van der Waals surface area contributed by atoms with E-state index < -0.39 is 6.09 Å². The maximum atomic E-state index is 12.2. The van der Waals surface area contributed by atoms with E-state index in [1.165, 1.54) is 22.3 Å². The lowest BCUT2D eigenvalue weighted by atomic mass is 9.98. The number of nitrogens with zero attached hydrogens (tertiary/aromatic N) is 2. The summed E-state index contributed by atoms with van der Waals surface area (Å²) in [6.07, 6.45) is -0.474. The molecule has 146 valence electrons. The molecule has 0 atom stereocenters. The van der Waals surface area contributed by atoms with Gasteiger partial charge in [0.25, 0.3) is 0 Å². The van der Waals surface area contributed by atoms with Crippen molar-refractivity contribution in [2.75, 3.05) is 13.2 Å². The minimum absolute atomic E-state index is 0.0448. The van der Waals surface area contributed by atoms with E-state index in [-0.39, 0.29) is 19.1 Å². The third-order valence-electron chi connectivity index (χ3n) is 5.21. The van der Waals surface area contributed by atoms with Crippen LogP contribution in [0.2, 0.25) is 0 Å². The number of amides is 1. The van der Waals surface area contributed by atoms with Crippen molar-refractivity contribution in [3.8, 4) is 23.0 Å². The van der Waals surface area contributed by atoms with Gasteiger partial charge in [0.1, 0.15) is 17.6 Å². The number of hydrogen-bond acceptors (Lipinski definition) is 4. The number of aromatic nitrogens is 3. The van der Waals surface area contributed by atoms with Crippen LogP contribution in [0.3, 0.4) is 0 Å². The standard InChI is InChI=1S/C24H18N4O2/c29-24(25-13-5-6-16-11-12-22-23(14-16)27-28-26-22)30-15-21-19-9-3-1-7-17(19)18-8-2-4-10-20(18)21/h1-4,7-12,14,21H,13,15H2,(H,25,29)(H,26,27,28). The number of carbonyl (C=O) groups excluding carboxylic acids is 1. The minimum Gasteiger partial charge on any atom is -0.449 e. The van der Waals surface area contributed by atoms with Gasteiger partial charge in [-0.15, -0.1) is 0 Å². The number of ether oxygens (including phenoxy) is 1. The molecule has 1 aliphatic carbocycles. The van der Waals surface area contributed by atoms with E-state index in [1.54, 1.807) is 0 Å². The number of nitrogens with one attached hydrogen (secondary N) is 2. The second-order valence-electron chi connectivity index (χ2n) is 7.01. The van der Waals surface area contributed by atoms with Gasteiger partial charge in [0.15, 0.2) is 0 Å². The first-order valence-corrected chi connectivity index (χ1v) is 9.68. The van der Waals surface area contributed by atoms with E-state index >= 15 is 0 Å². The van der Waals surface area contributed by atoms with Gasteiger partial charge in [0.05, 0.1) is 6.54 Å². The maximum Gasteiger partial charge on any atom is 0.407 e. The van der Waals surface area contributed by atoms with Crippen molar-refractivity contribution >= 4 is 17.1 Å². The van der Waals surface area contributed by atoms with E-state index in [9.17, 15) is 4.79 Å². The lowest BCUT2D eigenvalue weighted by Gasteiger charge is -2.14. The molecule has 0 fully saturated rings. The topological polar surface area (TPSA) is 79.9 Å². The van der Waals surface area contributed by atoms with E-state index in [1.807, 2.05) is 42.5 Å². The van der Waals surface area contributed by atoms with Crippen LogP contribution >= 0.6 is 0 Å². The summed E-state index contributed by atoms with van der Waals surface area (Å²) in [6, 6.07) is 22.1. The summed E-state index contributed by atoms with van der Waals surface area (Å²) in [5.74, 6) is 5.98. The molecule has 0 radical (unpaired) electrons. The Balaban J connectivity index is 1.19. The van der Waals surface area contributed by atoms with Crippen LogP contribution < -0.4 is 5.32 Å². The van der Waals surface area contributed by atoms with Crippen molar-refractivity contribution in [2.24, 2.45) is 0 Å². The summed E-state index contributed by atoms with van der Waals surface area (Å²) in [7, 11) is 0. The number of H-pyrrole nitrogens is 1. The molecular formula is C24H18N4O2. The van der Waals surface area contributed by atoms with Crippen LogP contribution in [0.4, 0.5) is 4.79 Å². The quantitative estimate of drug-likeness (QED) is 0.517. The Bertz CT molecular complexity index is 1250. The zero-order valence-corrected chi connectivity index (χ0v) is 16.1. The first kappa shape index (κ1) is 18.0. The summed E-state index contributed by atoms with van der Waals surface area (Å²) in [6.45, 7) is 0.490. The molecule has 6 nitrogen and oxygen atoms in total. The van der Waals surface area contributed by atoms with Gasteiger partial charge in [-0.3, -0.25) is 0 Å². The Morgan fingerprint density at radius 1 is 0.967 bits per heavy atom. The normalized spacial score (nSPS) is 12.0. The zero-order chi connectivity index (χ0) is 20.3. The highest BCUT2D eigenvalue weighted by Crippen LogP contribution is 2.44. The first-order chi connectivity index (χ1) is 14.8. The summed E-state index contributed by atoms with van der Waals surface area (Å²) >= 11 is 0. The van der Waals surface area contributed by atoms with Crippen LogP contribution in [-0.4, -0.2) is 34.7 Å². The molecule has 0 unspecified atom stereocenters. The van der Waals surface area contributed by atoms with Gasteiger partial charge in [-0.25, -0.2) is 4.79 Å². The molecule has 6 heteroatoms. The van der Waals surface area contributed by atoms with Gasteiger partial charge < -0.3 is 10.1 Å². The van der Waals surface area contributed by atoms with Crippen molar-refractivity contribution in [2.45, 2.75) is 5.92 Å². The summed E-state index contributed by atoms with van der Waals surface area (Å²) in [4.78, 5) is 12.2. The second-order valence-corrected chi connectivity index (χ2v) is 7.01. The van der Waals surface area contributed by atoms with Gasteiger partial charge in [-0.05, 0) is 40.5 Å². The van der Waals surface area contributed by atoms with E-state index in [0.717, 1.165) is 16.6 Å². The molecule has 0 aliphatic heterocycles. The van der Waals surface area contributed by atoms with E-state index in [4.69, 9.17) is 4.74 Å². The van der Waals surface area contributed by atoms with Crippen molar-refractivity contribution in [3.05, 3.63) is 83.4 Å². The number of hydrogen-bond donors (Lipinski definition) is 2. The van der Waals surface area contributed by atoms with Crippen LogP contribution in [0, 0.1) is 11.8 Å². The molecule has 0 spiro atoms. The fourth-order valence-electron chi connectivity index (χ4n) is 3.83. The third-order valence-corrected chi connectivity index (χ3v) is 5.21. The number of benzene rings is 3. The molecule has 0 saturated heterocycles. The van der Waals surface area contributed by atoms with Crippen molar-refractivity contribution < 1.29 is 9.53 Å². The second kappa shape index (κ2) is 7.72. The number of rotatable bonds is 3. The summed E-state index contributed by atoms with van der Waals surface area (Å²) in [5, 5.41) is 13.3. The lowest BCUT2D eigenvalue weighted by Crippen LogP contribution is -2.26. The molecule has 30 heavy (non-hydrogen) atoms. The number of alkyl carbamates (subject to hydrolysis) is 1. The molecule has 1 aromatic heterocycles. The molecule has 4 aromatic rings. The lowest BCUT2D eigenvalue weighted by molar-refractivity contribution is 0.144. The van der Waals surface area contributed by atoms with E-state index in [2.05, 4.69) is 56.8 Å². The average molecular weight is 394 g/mol. The molecule has 3 aromatic carbocycles. The molecule has 1 aliphatic rings. The monoisotopic (exact) mass is 394 g/mol. The molecule has 2 N–H and O–H groups in total. The Morgan fingerprint density at radius 3 is 2.43 bits per heavy atom. The van der Waals surface area contributed by atoms with Gasteiger partial charge in [-0.1, -0.05) is 60.4 Å². The summed E-state index contributed by atoms with van der Waals surface area (Å²) < 4.78 is 5.50. The van der Waals surface area contributed by atoms with Crippen LogP contribution in [0.1, 0.15) is 22.6 Å². The average Bonchev–Trinajstić information content (AvgIpc) is 3.37. The van der Waals surface area contributed by atoms with Gasteiger partial charge in [-0.2, -0.15) is 15.4 Å². The fraction of sp³-hybridized carbons (Fsp3) is 0.125. The largest absolute Gasteiger partial charge is 0.449 e. The number of carbonyl (C=O) groups is 1. The Labute approximate surface area is 173 Å². The molecule has 0 bridgehead atoms. The van der Waals surface area contributed by atoms with Crippen molar-refractivity contribution in [1.29, 1.82) is 0 Å². The molecule has 1 heterocycles. The number of aromatic amines is 1. The fourth-order valence-corrected chi connectivity index (χ4v) is 3.83. The van der Waals surface area contributed by atoms with Crippen LogP contribution in [0.25, 0.3) is 22.2 Å². The molecule has 5 rings (SSSR count). The SMILES string of the molecule is O=C(NCC#Cc1ccc2n[nH]nc2c1)OCC1c2ccccc2-c2ccccc21. The number of fused-ring (bicyclic) bond motifs is 4. The van der Waals surface area contributed by atoms with Gasteiger partial charge >= 0.3 is 6.09 Å². The Morgan fingerprint density at radius 2 is 1.67 bits per heavy atom. The van der Waals surface area contributed by atoms with Crippen LogP contribution in [-0.2, 0) is 4.74 Å². The van der Waals surface area contributed by atoms with Crippen molar-refractivity contribution in [3.63, 3.8) is 0 Å². The predicted molar refractivity (Wildman–Crippen MR) is 114 cm³/mol. The first-order valence-electron chi connectivity index (χ1n) is 9.68. The zero-order valence-electron chi connectivity index (χ0n) is 16.1. The third kappa shape index (κ3) is 3.38. The summed E-state index contributed by atoms with van der Waals surface area (Å²) in [5.41, 5.74) is 7.15. The predicted octanol–water partition coefficient (Wildman–Crippen LogP) is 3.85. The van der Waals surface area contributed by atoms with Crippen LogP contribution in [0.5, 0.6) is 0 Å². The van der Waals surface area contributed by atoms with Crippen molar-refractivity contribution in [1.82, 2.24) is 20.7 Å². The highest BCUT2D eigenvalue weighted by Gasteiger charge is 2.28. The van der Waals surface area contributed by atoms with Gasteiger partial charge in [0.2, 0.25) is 0 Å². The molecule has 0 saturated carbocycles.